The summed E-state index contributed by atoms with van der Waals surface area (Å²) < 4.78 is 5.51. The highest BCUT2D eigenvalue weighted by Gasteiger charge is 2.26. The first-order chi connectivity index (χ1) is 15.2. The number of nitrogens with zero attached hydrogens (tertiary/aromatic N) is 2. The first-order valence-electron chi connectivity index (χ1n) is 11.5. The van der Waals surface area contributed by atoms with E-state index in [1.807, 2.05) is 31.2 Å². The van der Waals surface area contributed by atoms with Gasteiger partial charge in [-0.3, -0.25) is 9.69 Å². The Bertz CT molecular complexity index is 843. The smallest absolute Gasteiger partial charge is 0.257 e. The van der Waals surface area contributed by atoms with Crippen LogP contribution in [-0.2, 0) is 11.3 Å². The van der Waals surface area contributed by atoms with Crippen LogP contribution in [0.5, 0.6) is 5.75 Å². The van der Waals surface area contributed by atoms with Crippen LogP contribution in [0.3, 0.4) is 0 Å². The van der Waals surface area contributed by atoms with Crippen LogP contribution in [-0.4, -0.2) is 56.7 Å². The number of carbonyl (C=O) groups is 1. The average Bonchev–Trinajstić information content (AvgIpc) is 3.62. The van der Waals surface area contributed by atoms with Gasteiger partial charge in [0.1, 0.15) is 5.75 Å². The molecule has 6 heteroatoms. The predicted octanol–water partition coefficient (Wildman–Crippen LogP) is 3.35. The molecule has 2 aromatic rings. The van der Waals surface area contributed by atoms with Gasteiger partial charge in [-0.2, -0.15) is 0 Å². The Hall–Kier alpha value is -2.73. The molecule has 1 heterocycles. The van der Waals surface area contributed by atoms with Crippen molar-refractivity contribution >= 4 is 17.3 Å². The fourth-order valence-corrected chi connectivity index (χ4v) is 3.97. The summed E-state index contributed by atoms with van der Waals surface area (Å²) in [5.74, 6) is 1.58. The summed E-state index contributed by atoms with van der Waals surface area (Å²) in [6.07, 6.45) is 2.86. The third-order valence-electron chi connectivity index (χ3n) is 5.96. The lowest BCUT2D eigenvalue weighted by Gasteiger charge is -2.36. The van der Waals surface area contributed by atoms with E-state index < -0.39 is 0 Å². The van der Waals surface area contributed by atoms with E-state index in [2.05, 4.69) is 44.7 Å². The first kappa shape index (κ1) is 21.5. The lowest BCUT2D eigenvalue weighted by molar-refractivity contribution is -0.122. The number of piperazine rings is 1. The Balaban J connectivity index is 1.24. The maximum Gasteiger partial charge on any atom is 0.257 e. The Kier molecular flexibility index (Phi) is 7.30. The molecule has 1 amide bonds. The van der Waals surface area contributed by atoms with Crippen LogP contribution in [0.2, 0.25) is 0 Å². The normalized spacial score (nSPS) is 16.7. The lowest BCUT2D eigenvalue weighted by atomic mass is 10.2. The summed E-state index contributed by atoms with van der Waals surface area (Å²) in [7, 11) is 0. The van der Waals surface area contributed by atoms with Crippen molar-refractivity contribution in [2.24, 2.45) is 5.92 Å². The fraction of sp³-hybridized carbons (Fsp3) is 0.480. The lowest BCUT2D eigenvalue weighted by Crippen LogP contribution is -2.47. The number of ether oxygens (including phenoxy) is 1. The van der Waals surface area contributed by atoms with Gasteiger partial charge in [0.25, 0.3) is 5.91 Å². The monoisotopic (exact) mass is 422 g/mol. The van der Waals surface area contributed by atoms with Crippen molar-refractivity contribution in [3.63, 3.8) is 0 Å². The summed E-state index contributed by atoms with van der Waals surface area (Å²) in [5, 5.41) is 6.25. The molecule has 2 aliphatic rings. The van der Waals surface area contributed by atoms with E-state index in [0.29, 0.717) is 12.3 Å². The second-order valence-corrected chi connectivity index (χ2v) is 8.52. The standard InChI is InChI=1S/C25H34N4O2/c1-2-26-25(30)19-31-24-10-8-20(9-11-24)17-27-22-4-3-5-23(16-22)29-14-12-28(13-15-29)18-21-6-7-21/h3-5,8-11,16,21,27H,2,6-7,12-15,17-19H2,1H3,(H,26,30). The van der Waals surface area contributed by atoms with E-state index in [4.69, 9.17) is 4.74 Å². The highest BCUT2D eigenvalue weighted by atomic mass is 16.5. The van der Waals surface area contributed by atoms with Crippen molar-refractivity contribution in [1.29, 1.82) is 0 Å². The van der Waals surface area contributed by atoms with E-state index in [9.17, 15) is 4.79 Å². The van der Waals surface area contributed by atoms with Gasteiger partial charge in [0.05, 0.1) is 0 Å². The zero-order valence-electron chi connectivity index (χ0n) is 18.5. The first-order valence-corrected chi connectivity index (χ1v) is 11.5. The zero-order chi connectivity index (χ0) is 21.5. The molecule has 2 fully saturated rings. The highest BCUT2D eigenvalue weighted by Crippen LogP contribution is 2.30. The minimum Gasteiger partial charge on any atom is -0.484 e. The van der Waals surface area contributed by atoms with Crippen molar-refractivity contribution in [3.05, 3.63) is 54.1 Å². The van der Waals surface area contributed by atoms with Gasteiger partial charge < -0.3 is 20.3 Å². The number of likely N-dealkylation sites (N-methyl/N-ethyl adjacent to an activating group) is 1. The van der Waals surface area contributed by atoms with E-state index in [1.54, 1.807) is 0 Å². The van der Waals surface area contributed by atoms with Crippen molar-refractivity contribution in [3.8, 4) is 5.75 Å². The largest absolute Gasteiger partial charge is 0.484 e. The summed E-state index contributed by atoms with van der Waals surface area (Å²) in [6.45, 7) is 9.15. The van der Waals surface area contributed by atoms with Gasteiger partial charge in [-0.05, 0) is 61.6 Å². The molecule has 0 radical (unpaired) electrons. The van der Waals surface area contributed by atoms with Crippen LogP contribution in [0.4, 0.5) is 11.4 Å². The molecule has 1 saturated heterocycles. The second kappa shape index (κ2) is 10.5. The number of nitrogens with one attached hydrogen (secondary N) is 2. The van der Waals surface area contributed by atoms with Gasteiger partial charge in [-0.25, -0.2) is 0 Å². The van der Waals surface area contributed by atoms with Crippen molar-refractivity contribution in [1.82, 2.24) is 10.2 Å². The molecule has 4 rings (SSSR count). The molecule has 1 aliphatic carbocycles. The predicted molar refractivity (Wildman–Crippen MR) is 126 cm³/mol. The summed E-state index contributed by atoms with van der Waals surface area (Å²) in [5.41, 5.74) is 3.60. The molecule has 6 nitrogen and oxygen atoms in total. The van der Waals surface area contributed by atoms with Crippen LogP contribution in [0.1, 0.15) is 25.3 Å². The third kappa shape index (κ3) is 6.62. The van der Waals surface area contributed by atoms with Gasteiger partial charge in [-0.15, -0.1) is 0 Å². The number of anilines is 2. The van der Waals surface area contributed by atoms with Crippen LogP contribution < -0.4 is 20.3 Å². The quantitative estimate of drug-likeness (QED) is 0.615. The summed E-state index contributed by atoms with van der Waals surface area (Å²) >= 11 is 0. The van der Waals surface area contributed by atoms with Crippen LogP contribution >= 0.6 is 0 Å². The third-order valence-corrected chi connectivity index (χ3v) is 5.96. The maximum atomic E-state index is 11.5. The molecule has 2 N–H and O–H groups in total. The average molecular weight is 423 g/mol. The molecule has 1 saturated carbocycles. The summed E-state index contributed by atoms with van der Waals surface area (Å²) in [6, 6.07) is 16.6. The Labute approximate surface area is 185 Å². The topological polar surface area (TPSA) is 56.8 Å². The molecule has 0 aromatic heterocycles. The molecular formula is C25H34N4O2. The van der Waals surface area contributed by atoms with Gasteiger partial charge in [0, 0.05) is 57.2 Å². The van der Waals surface area contributed by atoms with Crippen molar-refractivity contribution < 1.29 is 9.53 Å². The van der Waals surface area contributed by atoms with Crippen LogP contribution in [0.15, 0.2) is 48.5 Å². The van der Waals surface area contributed by atoms with Gasteiger partial charge in [0.2, 0.25) is 0 Å². The Morgan fingerprint density at radius 2 is 1.84 bits per heavy atom. The molecule has 0 unspecified atom stereocenters. The van der Waals surface area contributed by atoms with Crippen LogP contribution in [0, 0.1) is 5.92 Å². The highest BCUT2D eigenvalue weighted by molar-refractivity contribution is 5.77. The SMILES string of the molecule is CCNC(=O)COc1ccc(CNc2cccc(N3CCN(CC4CC4)CC3)c2)cc1. The molecule has 2 aromatic carbocycles. The molecule has 1 aliphatic heterocycles. The van der Waals surface area contributed by atoms with Gasteiger partial charge in [0.15, 0.2) is 6.61 Å². The molecule has 0 spiro atoms. The molecule has 166 valence electrons. The minimum atomic E-state index is -0.0996. The fourth-order valence-electron chi connectivity index (χ4n) is 3.97. The Morgan fingerprint density at radius 1 is 1.06 bits per heavy atom. The van der Waals surface area contributed by atoms with Crippen LogP contribution in [0.25, 0.3) is 0 Å². The number of carbonyl (C=O) groups excluding carboxylic acids is 1. The van der Waals surface area contributed by atoms with E-state index in [1.165, 1.54) is 43.7 Å². The molecular weight excluding hydrogens is 388 g/mol. The van der Waals surface area contributed by atoms with Gasteiger partial charge in [-0.1, -0.05) is 18.2 Å². The number of hydrogen-bond acceptors (Lipinski definition) is 5. The summed E-state index contributed by atoms with van der Waals surface area (Å²) in [4.78, 5) is 16.6. The van der Waals surface area contributed by atoms with E-state index in [0.717, 1.165) is 31.2 Å². The number of hydrogen-bond donors (Lipinski definition) is 2. The molecule has 31 heavy (non-hydrogen) atoms. The second-order valence-electron chi connectivity index (χ2n) is 8.52. The number of rotatable bonds is 10. The number of benzene rings is 2. The molecule has 0 atom stereocenters. The van der Waals surface area contributed by atoms with Gasteiger partial charge >= 0.3 is 0 Å². The maximum absolute atomic E-state index is 11.5. The minimum absolute atomic E-state index is 0.0487. The number of amides is 1. The van der Waals surface area contributed by atoms with Crippen molar-refractivity contribution in [2.75, 3.05) is 56.1 Å². The Morgan fingerprint density at radius 3 is 2.55 bits per heavy atom. The zero-order valence-corrected chi connectivity index (χ0v) is 18.5. The van der Waals surface area contributed by atoms with Crippen molar-refractivity contribution in [2.45, 2.75) is 26.3 Å². The molecule has 0 bridgehead atoms. The van der Waals surface area contributed by atoms with E-state index >= 15 is 0 Å². The van der Waals surface area contributed by atoms with E-state index in [-0.39, 0.29) is 12.5 Å².